The Kier molecular flexibility index (Phi) is 6.71. The molecule has 0 radical (unpaired) electrons. The SMILES string of the molecule is CC(C)[n+]1ccn(-c2ccc3ccccc3c2-c2c(P(c3ccccc3)c3ccccc3)ccc3ccccc23)c1. The maximum absolute atomic E-state index is 2.39. The van der Waals surface area contributed by atoms with E-state index in [1.807, 2.05) is 0 Å². The summed E-state index contributed by atoms with van der Waals surface area (Å²) in [5.41, 5.74) is 3.79. The average Bonchev–Trinajstić information content (AvgIpc) is 3.53. The van der Waals surface area contributed by atoms with Gasteiger partial charge in [-0.05, 0) is 65.3 Å². The lowest BCUT2D eigenvalue weighted by Gasteiger charge is -2.25. The third-order valence-electron chi connectivity index (χ3n) is 7.87. The Morgan fingerprint density at radius 2 is 1.10 bits per heavy atom. The van der Waals surface area contributed by atoms with Crippen LogP contribution in [0, 0.1) is 0 Å². The number of hydrogen-bond donors (Lipinski definition) is 0. The molecule has 0 saturated heterocycles. The molecular weight excluding hydrogens is 515 g/mol. The lowest BCUT2D eigenvalue weighted by Crippen LogP contribution is -2.33. The van der Waals surface area contributed by atoms with Crippen molar-refractivity contribution in [3.8, 4) is 16.8 Å². The van der Waals surface area contributed by atoms with E-state index in [9.17, 15) is 0 Å². The van der Waals surface area contributed by atoms with E-state index >= 15 is 0 Å². The maximum atomic E-state index is 2.39. The molecule has 0 aliphatic carbocycles. The molecule has 0 amide bonds. The van der Waals surface area contributed by atoms with Crippen molar-refractivity contribution >= 4 is 45.4 Å². The van der Waals surface area contributed by atoms with Gasteiger partial charge in [-0.2, -0.15) is 0 Å². The summed E-state index contributed by atoms with van der Waals surface area (Å²) in [5, 5.41) is 9.13. The minimum Gasteiger partial charge on any atom is -0.234 e. The van der Waals surface area contributed by atoms with Crippen molar-refractivity contribution in [3.63, 3.8) is 0 Å². The summed E-state index contributed by atoms with van der Waals surface area (Å²) in [6.07, 6.45) is 6.59. The molecule has 0 unspecified atom stereocenters. The van der Waals surface area contributed by atoms with Gasteiger partial charge in [0.1, 0.15) is 18.1 Å². The third kappa shape index (κ3) is 4.65. The molecule has 41 heavy (non-hydrogen) atoms. The zero-order valence-electron chi connectivity index (χ0n) is 23.4. The van der Waals surface area contributed by atoms with Crippen LogP contribution in [0.5, 0.6) is 0 Å². The summed E-state index contributed by atoms with van der Waals surface area (Å²) in [5.74, 6) is 0. The van der Waals surface area contributed by atoms with E-state index < -0.39 is 7.92 Å². The van der Waals surface area contributed by atoms with Crippen LogP contribution in [-0.4, -0.2) is 4.57 Å². The van der Waals surface area contributed by atoms with Crippen molar-refractivity contribution in [1.29, 1.82) is 0 Å². The minimum absolute atomic E-state index is 0.386. The second kappa shape index (κ2) is 10.8. The zero-order chi connectivity index (χ0) is 27.8. The van der Waals surface area contributed by atoms with Gasteiger partial charge in [-0.1, -0.05) is 127 Å². The molecule has 3 heteroatoms. The summed E-state index contributed by atoms with van der Waals surface area (Å²) in [6.45, 7) is 4.45. The number of imidazole rings is 1. The molecule has 0 bridgehead atoms. The van der Waals surface area contributed by atoms with E-state index in [0.29, 0.717) is 6.04 Å². The van der Waals surface area contributed by atoms with Gasteiger partial charge in [-0.15, -0.1) is 0 Å². The van der Waals surface area contributed by atoms with Gasteiger partial charge in [0.05, 0.1) is 6.04 Å². The van der Waals surface area contributed by atoms with Crippen LogP contribution >= 0.6 is 7.92 Å². The van der Waals surface area contributed by atoms with Crippen molar-refractivity contribution in [2.75, 3.05) is 0 Å². The number of hydrogen-bond acceptors (Lipinski definition) is 0. The molecular formula is C38H32N2P+. The van der Waals surface area contributed by atoms with Gasteiger partial charge >= 0.3 is 0 Å². The molecule has 0 saturated carbocycles. The molecule has 0 aliphatic heterocycles. The molecule has 7 rings (SSSR count). The number of aromatic nitrogens is 2. The quantitative estimate of drug-likeness (QED) is 0.147. The topological polar surface area (TPSA) is 8.81 Å². The Morgan fingerprint density at radius 1 is 0.561 bits per heavy atom. The molecule has 1 aromatic heterocycles. The highest BCUT2D eigenvalue weighted by atomic mass is 31.1. The monoisotopic (exact) mass is 547 g/mol. The van der Waals surface area contributed by atoms with Crippen LogP contribution < -0.4 is 20.5 Å². The van der Waals surface area contributed by atoms with E-state index in [2.05, 4.69) is 175 Å². The first-order chi connectivity index (χ1) is 20.2. The summed E-state index contributed by atoms with van der Waals surface area (Å²) in [7, 11) is -0.820. The molecule has 0 aliphatic rings. The van der Waals surface area contributed by atoms with Crippen LogP contribution in [-0.2, 0) is 0 Å². The standard InChI is InChI=1S/C38H32N2P/c1-28(2)39-25-26-40(27-39)35-23-21-29-13-9-11-19-33(29)37(35)38-34-20-12-10-14-30(34)22-24-36(38)41(31-15-5-3-6-16-31)32-17-7-4-8-18-32/h3-28H,1-2H3/q+1. The van der Waals surface area contributed by atoms with Crippen molar-refractivity contribution in [2.24, 2.45) is 0 Å². The van der Waals surface area contributed by atoms with E-state index in [1.54, 1.807) is 0 Å². The van der Waals surface area contributed by atoms with E-state index in [1.165, 1.54) is 54.3 Å². The Bertz CT molecular complexity index is 1930. The lowest BCUT2D eigenvalue weighted by atomic mass is 9.92. The summed E-state index contributed by atoms with van der Waals surface area (Å²) >= 11 is 0. The highest BCUT2D eigenvalue weighted by molar-refractivity contribution is 7.80. The van der Waals surface area contributed by atoms with Crippen LogP contribution in [0.2, 0.25) is 0 Å². The minimum atomic E-state index is -0.820. The number of nitrogens with zero attached hydrogens (tertiary/aromatic N) is 2. The summed E-state index contributed by atoms with van der Waals surface area (Å²) in [4.78, 5) is 0. The molecule has 2 nitrogen and oxygen atoms in total. The van der Waals surface area contributed by atoms with Gasteiger partial charge in [-0.3, -0.25) is 0 Å². The fourth-order valence-corrected chi connectivity index (χ4v) is 8.32. The van der Waals surface area contributed by atoms with Crippen LogP contribution in [0.15, 0.2) is 152 Å². The van der Waals surface area contributed by atoms with E-state index in [-0.39, 0.29) is 0 Å². The molecule has 6 aromatic carbocycles. The summed E-state index contributed by atoms with van der Waals surface area (Å²) in [6, 6.07) is 49.4. The molecule has 198 valence electrons. The first kappa shape index (κ1) is 25.4. The normalized spacial score (nSPS) is 11.6. The molecule has 0 N–H and O–H groups in total. The van der Waals surface area contributed by atoms with Crippen molar-refractivity contribution in [3.05, 3.63) is 152 Å². The fraction of sp³-hybridized carbons (Fsp3) is 0.0789. The maximum Gasteiger partial charge on any atom is 0.249 e. The highest BCUT2D eigenvalue weighted by Crippen LogP contribution is 2.44. The fourth-order valence-electron chi connectivity index (χ4n) is 5.85. The zero-order valence-corrected chi connectivity index (χ0v) is 24.2. The second-order valence-electron chi connectivity index (χ2n) is 10.7. The predicted octanol–water partition coefficient (Wildman–Crippen LogP) is 8.08. The largest absolute Gasteiger partial charge is 0.249 e. The second-order valence-corrected chi connectivity index (χ2v) is 12.9. The Morgan fingerprint density at radius 3 is 1.68 bits per heavy atom. The number of benzene rings is 6. The van der Waals surface area contributed by atoms with Gasteiger partial charge in [-0.25, -0.2) is 9.13 Å². The highest BCUT2D eigenvalue weighted by Gasteiger charge is 2.26. The molecule has 0 spiro atoms. The molecule has 7 aromatic rings. The van der Waals surface area contributed by atoms with E-state index in [0.717, 1.165) is 0 Å². The van der Waals surface area contributed by atoms with Crippen molar-refractivity contribution in [2.45, 2.75) is 19.9 Å². The molecule has 1 heterocycles. The predicted molar refractivity (Wildman–Crippen MR) is 176 cm³/mol. The van der Waals surface area contributed by atoms with Crippen LogP contribution in [0.4, 0.5) is 0 Å². The van der Waals surface area contributed by atoms with E-state index in [4.69, 9.17) is 0 Å². The van der Waals surface area contributed by atoms with Crippen molar-refractivity contribution in [1.82, 2.24) is 4.57 Å². The van der Waals surface area contributed by atoms with Gasteiger partial charge in [0.25, 0.3) is 0 Å². The average molecular weight is 548 g/mol. The number of fused-ring (bicyclic) bond motifs is 2. The van der Waals surface area contributed by atoms with Crippen molar-refractivity contribution < 1.29 is 4.57 Å². The van der Waals surface area contributed by atoms with Gasteiger partial charge < -0.3 is 0 Å². The Labute approximate surface area is 242 Å². The molecule has 0 atom stereocenters. The number of rotatable bonds is 6. The summed E-state index contributed by atoms with van der Waals surface area (Å²) < 4.78 is 4.56. The Balaban J connectivity index is 1.62. The molecule has 0 fully saturated rings. The van der Waals surface area contributed by atoms with Gasteiger partial charge in [0.15, 0.2) is 0 Å². The van der Waals surface area contributed by atoms with Crippen LogP contribution in [0.3, 0.4) is 0 Å². The first-order valence-corrected chi connectivity index (χ1v) is 15.6. The van der Waals surface area contributed by atoms with Crippen LogP contribution in [0.1, 0.15) is 19.9 Å². The smallest absolute Gasteiger partial charge is 0.234 e. The Hall–Kier alpha value is -4.52. The third-order valence-corrected chi connectivity index (χ3v) is 10.3. The van der Waals surface area contributed by atoms with Crippen LogP contribution in [0.25, 0.3) is 38.4 Å². The first-order valence-electron chi connectivity index (χ1n) is 14.2. The van der Waals surface area contributed by atoms with Gasteiger partial charge in [0.2, 0.25) is 6.33 Å². The van der Waals surface area contributed by atoms with Gasteiger partial charge in [0, 0.05) is 11.1 Å². The lowest BCUT2D eigenvalue weighted by molar-refractivity contribution is -0.715.